The van der Waals surface area contributed by atoms with Gasteiger partial charge in [0.1, 0.15) is 11.4 Å². The van der Waals surface area contributed by atoms with Gasteiger partial charge in [-0.1, -0.05) is 0 Å². The van der Waals surface area contributed by atoms with E-state index in [-0.39, 0.29) is 11.4 Å². The van der Waals surface area contributed by atoms with Crippen LogP contribution in [-0.4, -0.2) is 5.11 Å². The summed E-state index contributed by atoms with van der Waals surface area (Å²) in [7, 11) is 0. The molecule has 52 valence electrons. The Morgan fingerprint density at radius 1 is 1.50 bits per heavy atom. The number of halogens is 1. The molecule has 0 bridgehead atoms. The Morgan fingerprint density at radius 3 is 2.70 bits per heavy atom. The van der Waals surface area contributed by atoms with Crippen molar-refractivity contribution in [3.05, 3.63) is 26.7 Å². The van der Waals surface area contributed by atoms with Crippen molar-refractivity contribution in [2.45, 2.75) is 0 Å². The molecule has 0 radical (unpaired) electrons. The van der Waals surface area contributed by atoms with Crippen LogP contribution in [0.25, 0.3) is 0 Å². The maximum Gasteiger partial charge on any atom is 0.131 e. The van der Waals surface area contributed by atoms with E-state index >= 15 is 0 Å². The van der Waals surface area contributed by atoms with Crippen molar-refractivity contribution in [1.82, 2.24) is 0 Å². The first-order valence-corrected chi connectivity index (χ1v) is 3.64. The molecule has 0 aliphatic heterocycles. The van der Waals surface area contributed by atoms with Crippen molar-refractivity contribution >= 4 is 28.3 Å². The van der Waals surface area contributed by atoms with E-state index in [2.05, 4.69) is 5.18 Å². The van der Waals surface area contributed by atoms with Crippen LogP contribution in [0.1, 0.15) is 0 Å². The molecule has 1 aromatic rings. The van der Waals surface area contributed by atoms with Crippen molar-refractivity contribution in [1.29, 1.82) is 0 Å². The highest BCUT2D eigenvalue weighted by Crippen LogP contribution is 2.24. The monoisotopic (exact) mass is 249 g/mol. The molecule has 0 unspecified atom stereocenters. The van der Waals surface area contributed by atoms with Crippen molar-refractivity contribution in [3.63, 3.8) is 0 Å². The molecule has 0 saturated heterocycles. The molecule has 0 saturated carbocycles. The minimum absolute atomic E-state index is 0.0951. The molecule has 0 spiro atoms. The normalized spacial score (nSPS) is 9.30. The largest absolute Gasteiger partial charge is 0.507 e. The van der Waals surface area contributed by atoms with Crippen molar-refractivity contribution in [2.24, 2.45) is 5.18 Å². The highest BCUT2D eigenvalue weighted by Gasteiger charge is 1.97. The summed E-state index contributed by atoms with van der Waals surface area (Å²) in [5.41, 5.74) is 0.248. The maximum absolute atomic E-state index is 9.91. The van der Waals surface area contributed by atoms with Gasteiger partial charge < -0.3 is 5.11 Å². The number of nitrogens with zero attached hydrogens (tertiary/aromatic N) is 1. The number of benzene rings is 1. The van der Waals surface area contributed by atoms with Gasteiger partial charge in [-0.05, 0) is 39.9 Å². The Labute approximate surface area is 71.2 Å². The lowest BCUT2D eigenvalue weighted by molar-refractivity contribution is 0.472. The van der Waals surface area contributed by atoms with Gasteiger partial charge in [0.05, 0.1) is 3.57 Å². The van der Waals surface area contributed by atoms with Crippen LogP contribution in [0.2, 0.25) is 0 Å². The SMILES string of the molecule is O=Nc1ccc(I)c(O)c1. The molecule has 1 aromatic carbocycles. The van der Waals surface area contributed by atoms with Crippen LogP contribution in [0, 0.1) is 8.48 Å². The number of aromatic hydroxyl groups is 1. The minimum atomic E-state index is 0.0951. The van der Waals surface area contributed by atoms with Crippen LogP contribution in [0.15, 0.2) is 23.4 Å². The quantitative estimate of drug-likeness (QED) is 0.613. The van der Waals surface area contributed by atoms with Gasteiger partial charge in [0.2, 0.25) is 0 Å². The van der Waals surface area contributed by atoms with Gasteiger partial charge in [0, 0.05) is 6.07 Å². The molecule has 4 heteroatoms. The van der Waals surface area contributed by atoms with Gasteiger partial charge in [0.15, 0.2) is 0 Å². The van der Waals surface area contributed by atoms with Crippen LogP contribution in [0.5, 0.6) is 5.75 Å². The molecule has 0 fully saturated rings. The number of hydrogen-bond acceptors (Lipinski definition) is 3. The zero-order valence-electron chi connectivity index (χ0n) is 4.91. The summed E-state index contributed by atoms with van der Waals surface area (Å²) in [5.74, 6) is 0.0951. The molecule has 0 heterocycles. The van der Waals surface area contributed by atoms with Crippen molar-refractivity contribution < 1.29 is 5.11 Å². The van der Waals surface area contributed by atoms with Crippen LogP contribution >= 0.6 is 22.6 Å². The Balaban J connectivity index is 3.16. The summed E-state index contributed by atoms with van der Waals surface area (Å²) in [4.78, 5) is 9.91. The van der Waals surface area contributed by atoms with E-state index in [1.54, 1.807) is 12.1 Å². The van der Waals surface area contributed by atoms with E-state index in [0.717, 1.165) is 0 Å². The Bertz CT molecular complexity index is 262. The number of phenolic OH excluding ortho intramolecular Hbond substituents is 1. The fraction of sp³-hybridized carbons (Fsp3) is 0. The molecular weight excluding hydrogens is 245 g/mol. The molecule has 0 amide bonds. The van der Waals surface area contributed by atoms with Crippen molar-refractivity contribution in [2.75, 3.05) is 0 Å². The first-order valence-electron chi connectivity index (χ1n) is 2.56. The first-order chi connectivity index (χ1) is 4.74. The highest BCUT2D eigenvalue weighted by molar-refractivity contribution is 14.1. The summed E-state index contributed by atoms with van der Waals surface area (Å²) < 4.78 is 0.713. The van der Waals surface area contributed by atoms with Crippen molar-refractivity contribution in [3.8, 4) is 5.75 Å². The standard InChI is InChI=1S/C6H4INO2/c7-5-2-1-4(8-10)3-6(5)9/h1-3,9H. The van der Waals surface area contributed by atoms with Gasteiger partial charge in [-0.2, -0.15) is 0 Å². The number of phenols is 1. The maximum atomic E-state index is 9.91. The fourth-order valence-electron chi connectivity index (χ4n) is 0.558. The Hall–Kier alpha value is -0.650. The summed E-state index contributed by atoms with van der Waals surface area (Å²) in [5, 5.41) is 11.7. The molecular formula is C6H4INO2. The Morgan fingerprint density at radius 2 is 2.20 bits per heavy atom. The predicted octanol–water partition coefficient (Wildman–Crippen LogP) is 2.39. The topological polar surface area (TPSA) is 49.7 Å². The lowest BCUT2D eigenvalue weighted by Crippen LogP contribution is -1.70. The van der Waals surface area contributed by atoms with Crippen LogP contribution in [0.4, 0.5) is 5.69 Å². The van der Waals surface area contributed by atoms with Gasteiger partial charge in [-0.25, -0.2) is 0 Å². The van der Waals surface area contributed by atoms with Crippen LogP contribution < -0.4 is 0 Å². The lowest BCUT2D eigenvalue weighted by Gasteiger charge is -1.94. The van der Waals surface area contributed by atoms with Gasteiger partial charge in [0.25, 0.3) is 0 Å². The summed E-state index contributed by atoms with van der Waals surface area (Å²) in [6, 6.07) is 4.51. The van der Waals surface area contributed by atoms with E-state index < -0.39 is 0 Å². The molecule has 0 aliphatic carbocycles. The van der Waals surface area contributed by atoms with Crippen LogP contribution in [-0.2, 0) is 0 Å². The third-order valence-electron chi connectivity index (χ3n) is 1.04. The molecule has 0 aliphatic rings. The van der Waals surface area contributed by atoms with E-state index in [9.17, 15) is 4.91 Å². The predicted molar refractivity (Wildman–Crippen MR) is 46.3 cm³/mol. The second-order valence-electron chi connectivity index (χ2n) is 1.73. The summed E-state index contributed by atoms with van der Waals surface area (Å²) in [6.07, 6.45) is 0. The summed E-state index contributed by atoms with van der Waals surface area (Å²) >= 11 is 1.96. The molecule has 0 atom stereocenters. The van der Waals surface area contributed by atoms with Gasteiger partial charge in [-0.15, -0.1) is 4.91 Å². The number of hydrogen-bond donors (Lipinski definition) is 1. The molecule has 3 nitrogen and oxygen atoms in total. The average molecular weight is 249 g/mol. The average Bonchev–Trinajstić information content (AvgIpc) is 1.95. The minimum Gasteiger partial charge on any atom is -0.507 e. The third kappa shape index (κ3) is 1.44. The van der Waals surface area contributed by atoms with Crippen LogP contribution in [0.3, 0.4) is 0 Å². The Kier molecular flexibility index (Phi) is 2.21. The van der Waals surface area contributed by atoms with E-state index in [0.29, 0.717) is 3.57 Å². The smallest absolute Gasteiger partial charge is 0.131 e. The second-order valence-corrected chi connectivity index (χ2v) is 2.89. The van der Waals surface area contributed by atoms with E-state index in [4.69, 9.17) is 5.11 Å². The molecule has 1 N–H and O–H groups in total. The molecule has 1 rings (SSSR count). The highest BCUT2D eigenvalue weighted by atomic mass is 127. The fourth-order valence-corrected chi connectivity index (χ4v) is 0.893. The lowest BCUT2D eigenvalue weighted by atomic mass is 10.3. The zero-order valence-corrected chi connectivity index (χ0v) is 7.07. The first kappa shape index (κ1) is 7.46. The molecule has 0 aromatic heterocycles. The summed E-state index contributed by atoms with van der Waals surface area (Å²) in [6.45, 7) is 0. The second kappa shape index (κ2) is 2.96. The van der Waals surface area contributed by atoms with E-state index in [1.165, 1.54) is 6.07 Å². The third-order valence-corrected chi connectivity index (χ3v) is 1.95. The van der Waals surface area contributed by atoms with Gasteiger partial charge in [-0.3, -0.25) is 0 Å². The zero-order chi connectivity index (χ0) is 7.56. The molecule has 10 heavy (non-hydrogen) atoms. The van der Waals surface area contributed by atoms with E-state index in [1.807, 2.05) is 22.6 Å². The number of nitroso groups, excluding NO2 is 1. The van der Waals surface area contributed by atoms with Gasteiger partial charge >= 0.3 is 0 Å². The number of rotatable bonds is 1.